The molecule has 0 N–H and O–H groups in total. The van der Waals surface area contributed by atoms with Gasteiger partial charge in [-0.15, -0.1) is 20.4 Å². The third kappa shape index (κ3) is 2.96. The van der Waals surface area contributed by atoms with Crippen molar-refractivity contribution in [1.82, 2.24) is 20.4 Å². The lowest BCUT2D eigenvalue weighted by Gasteiger charge is -1.93. The van der Waals surface area contributed by atoms with E-state index in [1.165, 1.54) is 35.2 Å². The maximum atomic E-state index is 12.8. The van der Waals surface area contributed by atoms with Crippen molar-refractivity contribution in [3.05, 3.63) is 41.5 Å². The van der Waals surface area contributed by atoms with Crippen molar-refractivity contribution in [3.8, 4) is 11.5 Å². The van der Waals surface area contributed by atoms with Crippen LogP contribution in [0.1, 0.15) is 5.89 Å². The lowest BCUT2D eigenvalue weighted by molar-refractivity contribution is 0.528. The van der Waals surface area contributed by atoms with Gasteiger partial charge in [0.1, 0.15) is 11.3 Å². The lowest BCUT2D eigenvalue weighted by atomic mass is 10.2. The van der Waals surface area contributed by atoms with Crippen LogP contribution in [0.15, 0.2) is 38.5 Å². The van der Waals surface area contributed by atoms with Crippen LogP contribution in [0.4, 0.5) is 4.39 Å². The summed E-state index contributed by atoms with van der Waals surface area (Å²) in [6.45, 7) is 0. The minimum atomic E-state index is -0.296. The molecule has 0 amide bonds. The highest BCUT2D eigenvalue weighted by Gasteiger charge is 2.09. The van der Waals surface area contributed by atoms with Gasteiger partial charge in [-0.25, -0.2) is 4.39 Å². The highest BCUT2D eigenvalue weighted by molar-refractivity contribution is 8.00. The number of hydrogen-bond donors (Lipinski definition) is 0. The Balaban J connectivity index is 1.70. The molecule has 0 bridgehead atoms. The number of benzene rings is 1. The van der Waals surface area contributed by atoms with E-state index in [1.54, 1.807) is 17.6 Å². The molecule has 5 nitrogen and oxygen atoms in total. The Labute approximate surface area is 115 Å². The average Bonchev–Trinajstić information content (AvgIpc) is 3.09. The van der Waals surface area contributed by atoms with Gasteiger partial charge in [-0.3, -0.25) is 0 Å². The first-order valence-corrected chi connectivity index (χ1v) is 7.15. The maximum absolute atomic E-state index is 12.8. The fourth-order valence-electron chi connectivity index (χ4n) is 1.37. The van der Waals surface area contributed by atoms with Crippen LogP contribution in [0, 0.1) is 5.82 Å². The molecule has 0 aliphatic rings. The van der Waals surface area contributed by atoms with Crippen LogP contribution in [-0.2, 0) is 5.75 Å². The Bertz CT molecular complexity index is 654. The zero-order valence-corrected chi connectivity index (χ0v) is 11.1. The van der Waals surface area contributed by atoms with E-state index in [0.29, 0.717) is 23.1 Å². The molecule has 1 aromatic carbocycles. The summed E-state index contributed by atoms with van der Waals surface area (Å²) < 4.78 is 19.2. The Kier molecular flexibility index (Phi) is 3.51. The summed E-state index contributed by atoms with van der Waals surface area (Å²) in [5, 5.41) is 15.5. The smallest absolute Gasteiger partial charge is 0.247 e. The molecule has 0 aliphatic heterocycles. The predicted molar refractivity (Wildman–Crippen MR) is 69.2 cm³/mol. The molecule has 0 radical (unpaired) electrons. The van der Waals surface area contributed by atoms with E-state index in [9.17, 15) is 4.39 Å². The van der Waals surface area contributed by atoms with Gasteiger partial charge in [0.25, 0.3) is 0 Å². The first-order chi connectivity index (χ1) is 9.31. The number of halogens is 1. The molecule has 3 aromatic rings. The number of rotatable bonds is 4. The van der Waals surface area contributed by atoms with Crippen molar-refractivity contribution in [2.24, 2.45) is 0 Å². The van der Waals surface area contributed by atoms with Crippen LogP contribution in [0.2, 0.25) is 0 Å². The molecule has 0 aliphatic carbocycles. The Hall–Kier alpha value is -1.80. The molecule has 0 spiro atoms. The van der Waals surface area contributed by atoms with Gasteiger partial charge >= 0.3 is 0 Å². The highest BCUT2D eigenvalue weighted by Crippen LogP contribution is 2.25. The summed E-state index contributed by atoms with van der Waals surface area (Å²) in [6.07, 6.45) is 0. The molecule has 3 rings (SSSR count). The van der Waals surface area contributed by atoms with E-state index in [1.807, 2.05) is 0 Å². The molecular weight excluding hydrogens is 287 g/mol. The Morgan fingerprint density at radius 2 is 2.00 bits per heavy atom. The molecule has 19 heavy (non-hydrogen) atoms. The van der Waals surface area contributed by atoms with Gasteiger partial charge in [-0.1, -0.05) is 23.1 Å². The standard InChI is InChI=1S/C11H7FN4OS2/c12-8-3-1-7(2-4-8)10-15-14-9(17-10)5-18-11-16-13-6-19-11/h1-4,6H,5H2. The molecule has 8 heteroatoms. The van der Waals surface area contributed by atoms with Crippen molar-refractivity contribution in [2.45, 2.75) is 10.1 Å². The fourth-order valence-corrected chi connectivity index (χ4v) is 2.70. The molecule has 0 atom stereocenters. The molecule has 2 heterocycles. The van der Waals surface area contributed by atoms with Gasteiger partial charge in [-0.2, -0.15) is 0 Å². The second-order valence-corrected chi connectivity index (χ2v) is 5.56. The summed E-state index contributed by atoms with van der Waals surface area (Å²) >= 11 is 2.94. The monoisotopic (exact) mass is 294 g/mol. The second kappa shape index (κ2) is 5.45. The van der Waals surface area contributed by atoms with Crippen molar-refractivity contribution in [2.75, 3.05) is 0 Å². The number of hydrogen-bond acceptors (Lipinski definition) is 7. The van der Waals surface area contributed by atoms with Crippen LogP contribution in [0.3, 0.4) is 0 Å². The number of thioether (sulfide) groups is 1. The minimum absolute atomic E-state index is 0.296. The Morgan fingerprint density at radius 3 is 2.74 bits per heavy atom. The van der Waals surface area contributed by atoms with Gasteiger partial charge in [0.15, 0.2) is 4.34 Å². The van der Waals surface area contributed by atoms with Gasteiger partial charge in [0.05, 0.1) is 5.75 Å². The minimum Gasteiger partial charge on any atom is -0.420 e. The summed E-state index contributed by atoms with van der Waals surface area (Å²) in [6, 6.07) is 5.92. The largest absolute Gasteiger partial charge is 0.420 e. The van der Waals surface area contributed by atoms with Crippen LogP contribution in [0.25, 0.3) is 11.5 Å². The quantitative estimate of drug-likeness (QED) is 0.689. The Morgan fingerprint density at radius 1 is 1.16 bits per heavy atom. The topological polar surface area (TPSA) is 64.7 Å². The zero-order valence-electron chi connectivity index (χ0n) is 9.49. The van der Waals surface area contributed by atoms with Crippen molar-refractivity contribution in [3.63, 3.8) is 0 Å². The van der Waals surface area contributed by atoms with Gasteiger partial charge < -0.3 is 4.42 Å². The van der Waals surface area contributed by atoms with Crippen LogP contribution < -0.4 is 0 Å². The van der Waals surface area contributed by atoms with E-state index in [4.69, 9.17) is 4.42 Å². The maximum Gasteiger partial charge on any atom is 0.247 e. The molecule has 2 aromatic heterocycles. The average molecular weight is 294 g/mol. The number of aromatic nitrogens is 4. The first kappa shape index (κ1) is 12.2. The third-order valence-electron chi connectivity index (χ3n) is 2.22. The second-order valence-electron chi connectivity index (χ2n) is 3.50. The fraction of sp³-hybridized carbons (Fsp3) is 0.0909. The van der Waals surface area contributed by atoms with E-state index >= 15 is 0 Å². The third-order valence-corrected chi connectivity index (χ3v) is 4.06. The lowest BCUT2D eigenvalue weighted by Crippen LogP contribution is -1.80. The van der Waals surface area contributed by atoms with E-state index in [2.05, 4.69) is 20.4 Å². The van der Waals surface area contributed by atoms with E-state index in [0.717, 1.165) is 4.34 Å². The van der Waals surface area contributed by atoms with Crippen LogP contribution in [-0.4, -0.2) is 20.4 Å². The van der Waals surface area contributed by atoms with E-state index in [-0.39, 0.29) is 5.82 Å². The van der Waals surface area contributed by atoms with E-state index < -0.39 is 0 Å². The van der Waals surface area contributed by atoms with Gasteiger partial charge in [0.2, 0.25) is 11.8 Å². The molecule has 0 unspecified atom stereocenters. The molecule has 0 fully saturated rings. The van der Waals surface area contributed by atoms with Crippen molar-refractivity contribution < 1.29 is 8.81 Å². The summed E-state index contributed by atoms with van der Waals surface area (Å²) in [7, 11) is 0. The zero-order chi connectivity index (χ0) is 13.1. The van der Waals surface area contributed by atoms with Crippen molar-refractivity contribution >= 4 is 23.1 Å². The molecule has 96 valence electrons. The summed E-state index contributed by atoms with van der Waals surface area (Å²) in [4.78, 5) is 0. The predicted octanol–water partition coefficient (Wildman–Crippen LogP) is 3.02. The van der Waals surface area contributed by atoms with Crippen LogP contribution in [0.5, 0.6) is 0 Å². The van der Waals surface area contributed by atoms with Gasteiger partial charge in [-0.05, 0) is 24.3 Å². The first-order valence-electron chi connectivity index (χ1n) is 5.28. The molecule has 0 saturated carbocycles. The SMILES string of the molecule is Fc1ccc(-c2nnc(CSc3nncs3)o2)cc1. The molecular formula is C11H7FN4OS2. The van der Waals surface area contributed by atoms with Crippen LogP contribution >= 0.6 is 23.1 Å². The van der Waals surface area contributed by atoms with Gasteiger partial charge in [0, 0.05) is 5.56 Å². The highest BCUT2D eigenvalue weighted by atomic mass is 32.2. The summed E-state index contributed by atoms with van der Waals surface area (Å²) in [5.74, 6) is 1.12. The van der Waals surface area contributed by atoms with Crippen molar-refractivity contribution in [1.29, 1.82) is 0 Å². The summed E-state index contributed by atoms with van der Waals surface area (Å²) in [5.41, 5.74) is 2.36. The number of nitrogens with zero attached hydrogens (tertiary/aromatic N) is 4. The molecule has 0 saturated heterocycles. The normalized spacial score (nSPS) is 10.8.